The highest BCUT2D eigenvalue weighted by atomic mass is 16.5. The SMILES string of the molecule is O=C(COC(=O)[C@@H]1Cc2ccccc2CN1C(=O)c1ccco1)NCC1(c2ccccc2)CCC1. The van der Waals surface area contributed by atoms with Crippen LogP contribution in [0.1, 0.15) is 46.5 Å². The van der Waals surface area contributed by atoms with E-state index in [1.54, 1.807) is 12.1 Å². The van der Waals surface area contributed by atoms with Crippen LogP contribution in [0.15, 0.2) is 77.4 Å². The Labute approximate surface area is 204 Å². The molecular weight excluding hydrogens is 444 g/mol. The largest absolute Gasteiger partial charge is 0.459 e. The lowest BCUT2D eigenvalue weighted by Crippen LogP contribution is -2.50. The van der Waals surface area contributed by atoms with Gasteiger partial charge in [0.05, 0.1) is 6.26 Å². The topological polar surface area (TPSA) is 88.9 Å². The van der Waals surface area contributed by atoms with E-state index in [0.717, 1.165) is 30.4 Å². The zero-order chi connectivity index (χ0) is 24.3. The summed E-state index contributed by atoms with van der Waals surface area (Å²) in [4.78, 5) is 40.1. The predicted molar refractivity (Wildman–Crippen MR) is 128 cm³/mol. The highest BCUT2D eigenvalue weighted by Crippen LogP contribution is 2.43. The molecule has 7 heteroatoms. The minimum absolute atomic E-state index is 0.0553. The van der Waals surface area contributed by atoms with E-state index < -0.39 is 12.0 Å². The molecule has 1 atom stereocenters. The molecule has 2 aliphatic rings. The molecule has 1 fully saturated rings. The number of amides is 2. The lowest BCUT2D eigenvalue weighted by atomic mass is 9.64. The molecule has 180 valence electrons. The quantitative estimate of drug-likeness (QED) is 0.531. The minimum Gasteiger partial charge on any atom is -0.459 e. The second kappa shape index (κ2) is 9.78. The number of esters is 1. The second-order valence-corrected chi connectivity index (χ2v) is 9.28. The van der Waals surface area contributed by atoms with Gasteiger partial charge < -0.3 is 19.4 Å². The van der Waals surface area contributed by atoms with Gasteiger partial charge >= 0.3 is 5.97 Å². The van der Waals surface area contributed by atoms with E-state index in [0.29, 0.717) is 13.0 Å². The molecule has 5 rings (SSSR count). The average Bonchev–Trinajstić information content (AvgIpc) is 3.41. The van der Waals surface area contributed by atoms with Gasteiger partial charge in [0.1, 0.15) is 6.04 Å². The summed E-state index contributed by atoms with van der Waals surface area (Å²) in [6.45, 7) is 0.388. The molecule has 0 bridgehead atoms. The van der Waals surface area contributed by atoms with Gasteiger partial charge in [-0.15, -0.1) is 0 Å². The van der Waals surface area contributed by atoms with Gasteiger partial charge in [-0.2, -0.15) is 0 Å². The molecule has 0 spiro atoms. The van der Waals surface area contributed by atoms with Crippen molar-refractivity contribution in [3.05, 3.63) is 95.4 Å². The molecule has 2 amide bonds. The third-order valence-electron chi connectivity index (χ3n) is 7.18. The molecule has 1 aliphatic carbocycles. The summed E-state index contributed by atoms with van der Waals surface area (Å²) >= 11 is 0. The van der Waals surface area contributed by atoms with Gasteiger partial charge in [-0.3, -0.25) is 9.59 Å². The monoisotopic (exact) mass is 472 g/mol. The molecule has 1 aromatic heterocycles. The highest BCUT2D eigenvalue weighted by molar-refractivity contribution is 5.95. The average molecular weight is 473 g/mol. The fraction of sp³-hybridized carbons (Fsp3) is 0.321. The maximum atomic E-state index is 13.1. The molecule has 2 heterocycles. The number of furan rings is 1. The zero-order valence-corrected chi connectivity index (χ0v) is 19.4. The number of hydrogen-bond donors (Lipinski definition) is 1. The molecular formula is C28H28N2O5. The molecule has 2 aromatic carbocycles. The second-order valence-electron chi connectivity index (χ2n) is 9.28. The maximum Gasteiger partial charge on any atom is 0.329 e. The number of ether oxygens (including phenoxy) is 1. The zero-order valence-electron chi connectivity index (χ0n) is 19.4. The Kier molecular flexibility index (Phi) is 6.40. The lowest BCUT2D eigenvalue weighted by Gasteiger charge is -2.42. The number of carbonyl (C=O) groups is 3. The van der Waals surface area contributed by atoms with Crippen LogP contribution in [-0.2, 0) is 32.7 Å². The van der Waals surface area contributed by atoms with Crippen LogP contribution < -0.4 is 5.32 Å². The van der Waals surface area contributed by atoms with Crippen molar-refractivity contribution in [1.82, 2.24) is 10.2 Å². The Hall–Kier alpha value is -3.87. The fourth-order valence-corrected chi connectivity index (χ4v) is 5.00. The third-order valence-corrected chi connectivity index (χ3v) is 7.18. The Bertz CT molecular complexity index is 1200. The number of nitrogens with zero attached hydrogens (tertiary/aromatic N) is 1. The van der Waals surface area contributed by atoms with Crippen LogP contribution in [0.4, 0.5) is 0 Å². The molecule has 7 nitrogen and oxygen atoms in total. The molecule has 3 aromatic rings. The van der Waals surface area contributed by atoms with E-state index in [1.807, 2.05) is 42.5 Å². The van der Waals surface area contributed by atoms with Gasteiger partial charge in [0.15, 0.2) is 12.4 Å². The molecule has 0 unspecified atom stereocenters. The van der Waals surface area contributed by atoms with Crippen molar-refractivity contribution < 1.29 is 23.5 Å². The van der Waals surface area contributed by atoms with Crippen LogP contribution in [0.5, 0.6) is 0 Å². The molecule has 0 saturated heterocycles. The van der Waals surface area contributed by atoms with Gasteiger partial charge in [-0.05, 0) is 41.7 Å². The Morgan fingerprint density at radius 2 is 1.71 bits per heavy atom. The van der Waals surface area contributed by atoms with E-state index in [4.69, 9.17) is 9.15 Å². The summed E-state index contributed by atoms with van der Waals surface area (Å²) in [6.07, 6.45) is 4.90. The van der Waals surface area contributed by atoms with Crippen LogP contribution in [-0.4, -0.2) is 41.9 Å². The summed E-state index contributed by atoms with van der Waals surface area (Å²) in [5.74, 6) is -1.17. The van der Waals surface area contributed by atoms with E-state index in [2.05, 4.69) is 17.4 Å². The number of nitrogens with one attached hydrogen (secondary N) is 1. The number of fused-ring (bicyclic) bond motifs is 1. The summed E-state index contributed by atoms with van der Waals surface area (Å²) in [6, 6.07) is 20.3. The van der Waals surface area contributed by atoms with E-state index in [9.17, 15) is 14.4 Å². The molecule has 0 radical (unpaired) electrons. The van der Waals surface area contributed by atoms with Crippen molar-refractivity contribution in [1.29, 1.82) is 0 Å². The lowest BCUT2D eigenvalue weighted by molar-refractivity contribution is -0.153. The first-order valence-corrected chi connectivity index (χ1v) is 12.0. The number of hydrogen-bond acceptors (Lipinski definition) is 5. The van der Waals surface area contributed by atoms with Crippen LogP contribution in [0.25, 0.3) is 0 Å². The first-order valence-electron chi connectivity index (χ1n) is 12.0. The van der Waals surface area contributed by atoms with Crippen molar-refractivity contribution >= 4 is 17.8 Å². The Balaban J connectivity index is 1.22. The molecule has 1 saturated carbocycles. The summed E-state index contributed by atoms with van der Waals surface area (Å²) in [7, 11) is 0. The normalized spacial score (nSPS) is 18.2. The Morgan fingerprint density at radius 3 is 2.40 bits per heavy atom. The Morgan fingerprint density at radius 1 is 0.971 bits per heavy atom. The first kappa shape index (κ1) is 22.9. The summed E-state index contributed by atoms with van der Waals surface area (Å²) in [5, 5.41) is 2.94. The van der Waals surface area contributed by atoms with Crippen LogP contribution >= 0.6 is 0 Å². The van der Waals surface area contributed by atoms with Crippen LogP contribution in [0.3, 0.4) is 0 Å². The van der Waals surface area contributed by atoms with Crippen molar-refractivity contribution in [2.45, 2.75) is 43.7 Å². The van der Waals surface area contributed by atoms with Crippen molar-refractivity contribution in [3.63, 3.8) is 0 Å². The summed E-state index contributed by atoms with van der Waals surface area (Å²) in [5.41, 5.74) is 3.12. The third kappa shape index (κ3) is 4.71. The van der Waals surface area contributed by atoms with Gasteiger partial charge in [0.2, 0.25) is 0 Å². The molecule has 35 heavy (non-hydrogen) atoms. The van der Waals surface area contributed by atoms with Gasteiger partial charge in [0, 0.05) is 24.9 Å². The van der Waals surface area contributed by atoms with Crippen molar-refractivity contribution in [2.24, 2.45) is 0 Å². The first-order chi connectivity index (χ1) is 17.1. The van der Waals surface area contributed by atoms with Crippen molar-refractivity contribution in [3.8, 4) is 0 Å². The predicted octanol–water partition coefficient (Wildman–Crippen LogP) is 3.63. The van der Waals surface area contributed by atoms with Gasteiger partial charge in [-0.1, -0.05) is 61.0 Å². The molecule has 1 aliphatic heterocycles. The minimum atomic E-state index is -0.836. The van der Waals surface area contributed by atoms with Gasteiger partial charge in [0.25, 0.3) is 11.8 Å². The van der Waals surface area contributed by atoms with E-state index >= 15 is 0 Å². The molecule has 1 N–H and O–H groups in total. The smallest absolute Gasteiger partial charge is 0.329 e. The van der Waals surface area contributed by atoms with Gasteiger partial charge in [-0.25, -0.2) is 4.79 Å². The van der Waals surface area contributed by atoms with Crippen LogP contribution in [0.2, 0.25) is 0 Å². The van der Waals surface area contributed by atoms with E-state index in [-0.39, 0.29) is 36.1 Å². The fourth-order valence-electron chi connectivity index (χ4n) is 5.00. The standard InChI is InChI=1S/C28H28N2O5/c31-25(29-19-28(13-7-14-28)22-10-2-1-3-11-22)18-35-27(33)23-16-20-8-4-5-9-21(20)17-30(23)26(32)24-12-6-15-34-24/h1-6,8-12,15,23H,7,13-14,16-19H2,(H,29,31)/t23-/m0/s1. The number of benzene rings is 2. The number of rotatable bonds is 7. The van der Waals surface area contributed by atoms with E-state index in [1.165, 1.54) is 16.7 Å². The van der Waals surface area contributed by atoms with Crippen LogP contribution in [0, 0.1) is 0 Å². The van der Waals surface area contributed by atoms with Crippen molar-refractivity contribution in [2.75, 3.05) is 13.2 Å². The maximum absolute atomic E-state index is 13.1. The number of carbonyl (C=O) groups excluding carboxylic acids is 3. The highest BCUT2D eigenvalue weighted by Gasteiger charge is 2.39. The summed E-state index contributed by atoms with van der Waals surface area (Å²) < 4.78 is 10.7.